The maximum Gasteiger partial charge on any atom is 0.233 e. The van der Waals surface area contributed by atoms with E-state index in [0.29, 0.717) is 18.3 Å². The van der Waals surface area contributed by atoms with Gasteiger partial charge in [-0.25, -0.2) is 0 Å². The molecule has 3 rings (SSSR count). The lowest BCUT2D eigenvalue weighted by Crippen LogP contribution is -2.28. The molecule has 0 saturated heterocycles. The molecule has 0 unspecified atom stereocenters. The molecule has 1 amide bonds. The van der Waals surface area contributed by atoms with E-state index in [4.69, 9.17) is 0 Å². The standard InChI is InChI=1S/C16H20N4OS2/c1-11-5-3-4-6-12(11)9-20(2)14(21)10-22-16-19-18-15(23-16)17-13-7-8-13/h3-6,13H,7-10H2,1-2H3,(H,17,18). The van der Waals surface area contributed by atoms with Gasteiger partial charge in [-0.15, -0.1) is 10.2 Å². The average Bonchev–Trinajstić information content (AvgIpc) is 3.24. The van der Waals surface area contributed by atoms with Gasteiger partial charge in [-0.2, -0.15) is 0 Å². The SMILES string of the molecule is Cc1ccccc1CN(C)C(=O)CSc1nnc(NC2CC2)s1. The van der Waals surface area contributed by atoms with Crippen molar-refractivity contribution in [3.05, 3.63) is 35.4 Å². The topological polar surface area (TPSA) is 58.1 Å². The molecule has 1 fully saturated rings. The molecule has 0 atom stereocenters. The zero-order chi connectivity index (χ0) is 16.2. The zero-order valence-electron chi connectivity index (χ0n) is 13.3. The first-order chi connectivity index (χ1) is 11.1. The Kier molecular flexibility index (Phi) is 5.17. The second kappa shape index (κ2) is 7.31. The summed E-state index contributed by atoms with van der Waals surface area (Å²) in [6.07, 6.45) is 2.43. The molecule has 23 heavy (non-hydrogen) atoms. The van der Waals surface area contributed by atoms with E-state index in [1.54, 1.807) is 4.90 Å². The number of carbonyl (C=O) groups excluding carboxylic acids is 1. The largest absolute Gasteiger partial charge is 0.357 e. The number of thioether (sulfide) groups is 1. The van der Waals surface area contributed by atoms with Crippen molar-refractivity contribution in [2.75, 3.05) is 18.1 Å². The minimum Gasteiger partial charge on any atom is -0.357 e. The molecule has 5 nitrogen and oxygen atoms in total. The van der Waals surface area contributed by atoms with Crippen LogP contribution in [0.1, 0.15) is 24.0 Å². The predicted molar refractivity (Wildman–Crippen MR) is 94.9 cm³/mol. The van der Waals surface area contributed by atoms with Crippen LogP contribution in [0.15, 0.2) is 28.6 Å². The predicted octanol–water partition coefficient (Wildman–Crippen LogP) is 3.17. The van der Waals surface area contributed by atoms with Crippen LogP contribution in [0.3, 0.4) is 0 Å². The number of aromatic nitrogens is 2. The van der Waals surface area contributed by atoms with Crippen LogP contribution in [0.4, 0.5) is 5.13 Å². The Morgan fingerprint density at radius 3 is 2.91 bits per heavy atom. The van der Waals surface area contributed by atoms with E-state index in [0.717, 1.165) is 9.47 Å². The molecular weight excluding hydrogens is 328 g/mol. The molecule has 122 valence electrons. The molecule has 0 radical (unpaired) electrons. The molecule has 1 N–H and O–H groups in total. The van der Waals surface area contributed by atoms with Crippen molar-refractivity contribution < 1.29 is 4.79 Å². The molecule has 1 aromatic carbocycles. The summed E-state index contributed by atoms with van der Waals surface area (Å²) in [6, 6.07) is 8.72. The fraction of sp³-hybridized carbons (Fsp3) is 0.438. The molecule has 1 heterocycles. The number of nitrogens with one attached hydrogen (secondary N) is 1. The number of hydrogen-bond acceptors (Lipinski definition) is 6. The third-order valence-corrected chi connectivity index (χ3v) is 5.70. The van der Waals surface area contributed by atoms with Gasteiger partial charge in [0.1, 0.15) is 0 Å². The van der Waals surface area contributed by atoms with Gasteiger partial charge in [-0.1, -0.05) is 47.4 Å². The second-order valence-electron chi connectivity index (χ2n) is 5.76. The first-order valence-corrected chi connectivity index (χ1v) is 9.43. The number of benzene rings is 1. The highest BCUT2D eigenvalue weighted by Gasteiger charge is 2.22. The molecule has 0 aliphatic heterocycles. The Hall–Kier alpha value is -1.60. The van der Waals surface area contributed by atoms with Gasteiger partial charge in [-0.3, -0.25) is 4.79 Å². The van der Waals surface area contributed by atoms with Crippen LogP contribution in [0.25, 0.3) is 0 Å². The number of amides is 1. The molecule has 0 bridgehead atoms. The zero-order valence-corrected chi connectivity index (χ0v) is 14.9. The monoisotopic (exact) mass is 348 g/mol. The van der Waals surface area contributed by atoms with E-state index < -0.39 is 0 Å². The summed E-state index contributed by atoms with van der Waals surface area (Å²) in [5.74, 6) is 0.491. The van der Waals surface area contributed by atoms with Crippen LogP contribution in [0.5, 0.6) is 0 Å². The third-order valence-electron chi connectivity index (χ3n) is 3.73. The van der Waals surface area contributed by atoms with E-state index in [-0.39, 0.29) is 5.91 Å². The third kappa shape index (κ3) is 4.68. The number of hydrogen-bond donors (Lipinski definition) is 1. The first-order valence-electron chi connectivity index (χ1n) is 7.63. The van der Waals surface area contributed by atoms with Gasteiger partial charge in [0.25, 0.3) is 0 Å². The smallest absolute Gasteiger partial charge is 0.233 e. The van der Waals surface area contributed by atoms with Crippen LogP contribution < -0.4 is 5.32 Å². The van der Waals surface area contributed by atoms with Gasteiger partial charge in [0.05, 0.1) is 5.75 Å². The van der Waals surface area contributed by atoms with Crippen LogP contribution >= 0.6 is 23.1 Å². The van der Waals surface area contributed by atoms with E-state index in [9.17, 15) is 4.79 Å². The summed E-state index contributed by atoms with van der Waals surface area (Å²) in [5.41, 5.74) is 2.39. The number of aryl methyl sites for hydroxylation is 1. The second-order valence-corrected chi connectivity index (χ2v) is 7.96. The average molecular weight is 348 g/mol. The Bertz CT molecular complexity index is 684. The number of rotatable bonds is 7. The number of nitrogens with zero attached hydrogens (tertiary/aromatic N) is 3. The molecule has 7 heteroatoms. The Labute approximate surface area is 144 Å². The van der Waals surface area contributed by atoms with Crippen molar-refractivity contribution in [1.29, 1.82) is 0 Å². The maximum absolute atomic E-state index is 12.3. The summed E-state index contributed by atoms with van der Waals surface area (Å²) >= 11 is 2.97. The lowest BCUT2D eigenvalue weighted by Gasteiger charge is -2.18. The van der Waals surface area contributed by atoms with Gasteiger partial charge in [-0.05, 0) is 30.9 Å². The number of carbonyl (C=O) groups is 1. The Balaban J connectivity index is 1.48. The molecule has 1 aromatic heterocycles. The minimum atomic E-state index is 0.102. The summed E-state index contributed by atoms with van der Waals surface area (Å²) in [4.78, 5) is 14.0. The Morgan fingerprint density at radius 2 is 2.17 bits per heavy atom. The minimum absolute atomic E-state index is 0.102. The summed E-state index contributed by atoms with van der Waals surface area (Å²) in [5, 5.41) is 12.4. The van der Waals surface area contributed by atoms with Crippen molar-refractivity contribution in [1.82, 2.24) is 15.1 Å². The van der Waals surface area contributed by atoms with Crippen molar-refractivity contribution in [3.8, 4) is 0 Å². The lowest BCUT2D eigenvalue weighted by molar-refractivity contribution is -0.127. The van der Waals surface area contributed by atoms with E-state index in [1.807, 2.05) is 19.2 Å². The quantitative estimate of drug-likeness (QED) is 0.779. The van der Waals surface area contributed by atoms with Crippen molar-refractivity contribution in [3.63, 3.8) is 0 Å². The van der Waals surface area contributed by atoms with Gasteiger partial charge in [0, 0.05) is 19.6 Å². The fourth-order valence-corrected chi connectivity index (χ4v) is 3.86. The normalized spacial score (nSPS) is 13.8. The number of anilines is 1. The van der Waals surface area contributed by atoms with Crippen LogP contribution in [-0.2, 0) is 11.3 Å². The molecule has 1 saturated carbocycles. The van der Waals surface area contributed by atoms with Gasteiger partial charge >= 0.3 is 0 Å². The molecule has 0 spiro atoms. The highest BCUT2D eigenvalue weighted by atomic mass is 32.2. The molecule has 2 aromatic rings. The highest BCUT2D eigenvalue weighted by molar-refractivity contribution is 8.01. The lowest BCUT2D eigenvalue weighted by atomic mass is 10.1. The molecule has 1 aliphatic carbocycles. The van der Waals surface area contributed by atoms with Crippen LogP contribution in [0.2, 0.25) is 0 Å². The molecule has 1 aliphatic rings. The van der Waals surface area contributed by atoms with E-state index >= 15 is 0 Å². The van der Waals surface area contributed by atoms with Gasteiger partial charge < -0.3 is 10.2 Å². The summed E-state index contributed by atoms with van der Waals surface area (Å²) < 4.78 is 0.839. The van der Waals surface area contributed by atoms with Crippen LogP contribution in [-0.4, -0.2) is 39.8 Å². The highest BCUT2D eigenvalue weighted by Crippen LogP contribution is 2.30. The van der Waals surface area contributed by atoms with Crippen molar-refractivity contribution in [2.45, 2.75) is 36.7 Å². The van der Waals surface area contributed by atoms with Crippen LogP contribution in [0, 0.1) is 6.92 Å². The maximum atomic E-state index is 12.3. The van der Waals surface area contributed by atoms with Gasteiger partial charge in [0.2, 0.25) is 11.0 Å². The van der Waals surface area contributed by atoms with Crippen molar-refractivity contribution >= 4 is 34.1 Å². The summed E-state index contributed by atoms with van der Waals surface area (Å²) in [7, 11) is 1.84. The fourth-order valence-electron chi connectivity index (χ4n) is 2.09. The van der Waals surface area contributed by atoms with E-state index in [2.05, 4.69) is 34.6 Å². The Morgan fingerprint density at radius 1 is 1.39 bits per heavy atom. The van der Waals surface area contributed by atoms with Gasteiger partial charge in [0.15, 0.2) is 4.34 Å². The molecular formula is C16H20N4OS2. The first kappa shape index (κ1) is 16.3. The van der Waals surface area contributed by atoms with E-state index in [1.165, 1.54) is 47.1 Å². The summed E-state index contributed by atoms with van der Waals surface area (Å²) in [6.45, 7) is 2.70. The van der Waals surface area contributed by atoms with Crippen molar-refractivity contribution in [2.24, 2.45) is 0 Å².